The van der Waals surface area contributed by atoms with E-state index in [9.17, 15) is 14.4 Å². The van der Waals surface area contributed by atoms with Gasteiger partial charge in [0.05, 0.1) is 5.92 Å². The maximum Gasteiger partial charge on any atom is 0.309 e. The molecule has 0 bridgehead atoms. The first-order chi connectivity index (χ1) is 9.81. The lowest BCUT2D eigenvalue weighted by Gasteiger charge is -2.10. The molecular weight excluding hydrogens is 268 g/mol. The molecule has 0 amide bonds. The van der Waals surface area contributed by atoms with E-state index in [4.69, 9.17) is 4.74 Å². The van der Waals surface area contributed by atoms with Crippen molar-refractivity contribution in [3.8, 4) is 0 Å². The number of fused-ring (bicyclic) bond motifs is 1. The van der Waals surface area contributed by atoms with Gasteiger partial charge in [-0.05, 0) is 24.0 Å². The predicted octanol–water partition coefficient (Wildman–Crippen LogP) is 2.83. The van der Waals surface area contributed by atoms with Crippen molar-refractivity contribution in [3.63, 3.8) is 0 Å². The number of carbonyl (C=O) groups is 3. The predicted molar refractivity (Wildman–Crippen MR) is 78.4 cm³/mol. The Morgan fingerprint density at radius 1 is 1.10 bits per heavy atom. The summed E-state index contributed by atoms with van der Waals surface area (Å²) in [5.41, 5.74) is 1.74. The highest BCUT2D eigenvalue weighted by molar-refractivity contribution is 6.29. The summed E-state index contributed by atoms with van der Waals surface area (Å²) in [5.74, 6) is -1.26. The van der Waals surface area contributed by atoms with Crippen molar-refractivity contribution in [1.82, 2.24) is 0 Å². The Morgan fingerprint density at radius 3 is 2.29 bits per heavy atom. The summed E-state index contributed by atoms with van der Waals surface area (Å²) in [6, 6.07) is 5.27. The zero-order valence-corrected chi connectivity index (χ0v) is 12.8. The molecule has 112 valence electrons. The maximum absolute atomic E-state index is 12.3. The monoisotopic (exact) mass is 288 g/mol. The van der Waals surface area contributed by atoms with Gasteiger partial charge in [0.25, 0.3) is 0 Å². The highest BCUT2D eigenvalue weighted by atomic mass is 16.6. The molecule has 0 saturated carbocycles. The molecular formula is C17H20O4. The van der Waals surface area contributed by atoms with E-state index in [0.29, 0.717) is 17.0 Å². The van der Waals surface area contributed by atoms with Gasteiger partial charge in [-0.15, -0.1) is 0 Å². The van der Waals surface area contributed by atoms with Crippen molar-refractivity contribution in [3.05, 3.63) is 34.9 Å². The molecule has 0 spiro atoms. The summed E-state index contributed by atoms with van der Waals surface area (Å²) >= 11 is 0. The average Bonchev–Trinajstić information content (AvgIpc) is 2.63. The van der Waals surface area contributed by atoms with E-state index in [1.807, 2.05) is 6.07 Å². The third-order valence-electron chi connectivity index (χ3n) is 3.44. The van der Waals surface area contributed by atoms with Crippen LogP contribution in [0.15, 0.2) is 18.2 Å². The smallest absolute Gasteiger partial charge is 0.309 e. The molecule has 4 heteroatoms. The number of rotatable bonds is 4. The standard InChI is InChI=1S/C17H20O4/c1-9(2)7-11-5-6-12-13(8-11)15(19)16(14(12)18)21-17(20)10(3)4/h5-6,8-10,16H,7H2,1-4H3. The van der Waals surface area contributed by atoms with E-state index in [1.165, 1.54) is 0 Å². The van der Waals surface area contributed by atoms with Crippen LogP contribution < -0.4 is 0 Å². The van der Waals surface area contributed by atoms with Crippen molar-refractivity contribution in [2.45, 2.75) is 40.2 Å². The van der Waals surface area contributed by atoms with E-state index in [2.05, 4.69) is 13.8 Å². The number of hydrogen-bond donors (Lipinski definition) is 0. The fourth-order valence-electron chi connectivity index (χ4n) is 2.37. The molecule has 2 rings (SSSR count). The highest BCUT2D eigenvalue weighted by Crippen LogP contribution is 2.27. The summed E-state index contributed by atoms with van der Waals surface area (Å²) < 4.78 is 5.06. The summed E-state index contributed by atoms with van der Waals surface area (Å²) in [7, 11) is 0. The number of ether oxygens (including phenoxy) is 1. The minimum Gasteiger partial charge on any atom is -0.445 e. The minimum absolute atomic E-state index is 0.356. The van der Waals surface area contributed by atoms with Gasteiger partial charge in [-0.2, -0.15) is 0 Å². The molecule has 0 saturated heterocycles. The van der Waals surface area contributed by atoms with E-state index in [-0.39, 0.29) is 5.92 Å². The van der Waals surface area contributed by atoms with Crippen LogP contribution in [-0.4, -0.2) is 23.6 Å². The first kappa shape index (κ1) is 15.4. The molecule has 1 atom stereocenters. The minimum atomic E-state index is -1.30. The molecule has 0 aromatic heterocycles. The second-order valence-electron chi connectivity index (χ2n) is 6.18. The summed E-state index contributed by atoms with van der Waals surface area (Å²) in [6.45, 7) is 7.51. The van der Waals surface area contributed by atoms with Crippen LogP contribution in [0.1, 0.15) is 54.0 Å². The van der Waals surface area contributed by atoms with Gasteiger partial charge >= 0.3 is 5.97 Å². The molecule has 1 aromatic rings. The summed E-state index contributed by atoms with van der Waals surface area (Å²) in [4.78, 5) is 36.1. The van der Waals surface area contributed by atoms with Crippen LogP contribution in [0.5, 0.6) is 0 Å². The SMILES string of the molecule is CC(C)Cc1ccc2c(c1)C(=O)C(OC(=O)C(C)C)C2=O. The molecule has 1 aliphatic rings. The second-order valence-corrected chi connectivity index (χ2v) is 6.18. The maximum atomic E-state index is 12.3. The van der Waals surface area contributed by atoms with Crippen LogP contribution in [0.4, 0.5) is 0 Å². The molecule has 0 heterocycles. The fraction of sp³-hybridized carbons (Fsp3) is 0.471. The van der Waals surface area contributed by atoms with Gasteiger partial charge in [0, 0.05) is 11.1 Å². The van der Waals surface area contributed by atoms with Crippen LogP contribution in [0, 0.1) is 11.8 Å². The van der Waals surface area contributed by atoms with E-state index in [0.717, 1.165) is 12.0 Å². The molecule has 0 N–H and O–H groups in total. The molecule has 4 nitrogen and oxygen atoms in total. The number of Topliss-reactive ketones (excluding diaryl/α,β-unsaturated/α-hetero) is 2. The van der Waals surface area contributed by atoms with Crippen LogP contribution in [0.25, 0.3) is 0 Å². The van der Waals surface area contributed by atoms with Crippen LogP contribution in [-0.2, 0) is 16.0 Å². The van der Waals surface area contributed by atoms with Crippen molar-refractivity contribution < 1.29 is 19.1 Å². The molecule has 0 aliphatic heterocycles. The number of esters is 1. The van der Waals surface area contributed by atoms with Gasteiger partial charge in [0.1, 0.15) is 0 Å². The second kappa shape index (κ2) is 5.80. The van der Waals surface area contributed by atoms with Gasteiger partial charge in [-0.3, -0.25) is 14.4 Å². The van der Waals surface area contributed by atoms with E-state index >= 15 is 0 Å². The normalized spacial score (nSPS) is 17.5. The highest BCUT2D eigenvalue weighted by Gasteiger charge is 2.41. The van der Waals surface area contributed by atoms with Gasteiger partial charge in [-0.1, -0.05) is 39.8 Å². The molecule has 0 radical (unpaired) electrons. The molecule has 1 aromatic carbocycles. The molecule has 1 aliphatic carbocycles. The Labute approximate surface area is 124 Å². The molecule has 1 unspecified atom stereocenters. The zero-order valence-electron chi connectivity index (χ0n) is 12.8. The van der Waals surface area contributed by atoms with Gasteiger partial charge in [0.2, 0.25) is 17.7 Å². The first-order valence-corrected chi connectivity index (χ1v) is 7.23. The Kier molecular flexibility index (Phi) is 4.26. The number of carbonyl (C=O) groups excluding carboxylic acids is 3. The van der Waals surface area contributed by atoms with Crippen molar-refractivity contribution in [1.29, 1.82) is 0 Å². The van der Waals surface area contributed by atoms with Crippen molar-refractivity contribution in [2.75, 3.05) is 0 Å². The topological polar surface area (TPSA) is 60.4 Å². The van der Waals surface area contributed by atoms with Crippen molar-refractivity contribution >= 4 is 17.5 Å². The first-order valence-electron chi connectivity index (χ1n) is 7.23. The van der Waals surface area contributed by atoms with Gasteiger partial charge in [-0.25, -0.2) is 0 Å². The lowest BCUT2D eigenvalue weighted by Crippen LogP contribution is -2.30. The Bertz CT molecular complexity index is 599. The van der Waals surface area contributed by atoms with E-state index < -0.39 is 23.6 Å². The lowest BCUT2D eigenvalue weighted by atomic mass is 9.99. The number of hydrogen-bond acceptors (Lipinski definition) is 4. The van der Waals surface area contributed by atoms with E-state index in [1.54, 1.807) is 26.0 Å². The van der Waals surface area contributed by atoms with Crippen LogP contribution >= 0.6 is 0 Å². The van der Waals surface area contributed by atoms with Gasteiger partial charge < -0.3 is 4.74 Å². The quantitative estimate of drug-likeness (QED) is 0.631. The Hall–Kier alpha value is -1.97. The third kappa shape index (κ3) is 3.04. The molecule has 21 heavy (non-hydrogen) atoms. The Morgan fingerprint density at radius 2 is 1.71 bits per heavy atom. The van der Waals surface area contributed by atoms with Gasteiger partial charge in [0.15, 0.2) is 0 Å². The third-order valence-corrected chi connectivity index (χ3v) is 3.44. The van der Waals surface area contributed by atoms with Crippen molar-refractivity contribution in [2.24, 2.45) is 11.8 Å². The largest absolute Gasteiger partial charge is 0.445 e. The molecule has 0 fully saturated rings. The average molecular weight is 288 g/mol. The zero-order chi connectivity index (χ0) is 15.7. The van der Waals surface area contributed by atoms with Crippen LogP contribution in [0.3, 0.4) is 0 Å². The fourth-order valence-corrected chi connectivity index (χ4v) is 2.37. The summed E-state index contributed by atoms with van der Waals surface area (Å²) in [6.07, 6.45) is -0.463. The van der Waals surface area contributed by atoms with Crippen LogP contribution in [0.2, 0.25) is 0 Å². The number of ketones is 2. The number of benzene rings is 1. The summed E-state index contributed by atoms with van der Waals surface area (Å²) in [5, 5.41) is 0. The Balaban J connectivity index is 2.27. The lowest BCUT2D eigenvalue weighted by molar-refractivity contribution is -0.148.